The molecule has 0 aromatic carbocycles. The second-order valence-electron chi connectivity index (χ2n) is 3.12. The smallest absolute Gasteiger partial charge is 0.302 e. The number of alkyl halides is 2. The highest BCUT2D eigenvalue weighted by Gasteiger charge is 2.22. The maximum atomic E-state index is 10.6. The van der Waals surface area contributed by atoms with Crippen molar-refractivity contribution in [2.45, 2.75) is 36.5 Å². The molecule has 0 aromatic rings. The van der Waals surface area contributed by atoms with Crippen LogP contribution in [-0.4, -0.2) is 22.5 Å². The van der Waals surface area contributed by atoms with Gasteiger partial charge in [0.25, 0.3) is 0 Å². The van der Waals surface area contributed by atoms with Crippen LogP contribution in [0.15, 0.2) is 0 Å². The lowest BCUT2D eigenvalue weighted by Gasteiger charge is -2.21. The number of halogens is 2. The number of rotatable bonds is 7. The van der Waals surface area contributed by atoms with Crippen LogP contribution in [0, 0.1) is 0 Å². The molecule has 3 nitrogen and oxygen atoms in total. The molecule has 0 bridgehead atoms. The van der Waals surface area contributed by atoms with Crippen molar-refractivity contribution in [2.75, 3.05) is 13.2 Å². The molecule has 0 aliphatic heterocycles. The predicted molar refractivity (Wildman–Crippen MR) is 64.7 cm³/mol. The first-order chi connectivity index (χ1) is 6.48. The van der Waals surface area contributed by atoms with E-state index >= 15 is 0 Å². The summed E-state index contributed by atoms with van der Waals surface area (Å²) in [5.74, 6) is -0.274. The number of ether oxygens (including phenoxy) is 1. The van der Waals surface area contributed by atoms with Crippen LogP contribution in [0.5, 0.6) is 0 Å². The van der Waals surface area contributed by atoms with Gasteiger partial charge in [0.1, 0.15) is 6.61 Å². The van der Waals surface area contributed by atoms with Gasteiger partial charge < -0.3 is 4.74 Å². The van der Waals surface area contributed by atoms with E-state index in [-0.39, 0.29) is 12.6 Å². The molecule has 0 fully saturated rings. The Bertz CT molecular complexity index is 174. The lowest BCUT2D eigenvalue weighted by atomic mass is 10.2. The van der Waals surface area contributed by atoms with Crippen LogP contribution in [0.25, 0.3) is 0 Å². The van der Waals surface area contributed by atoms with Crippen molar-refractivity contribution >= 4 is 37.8 Å². The van der Waals surface area contributed by atoms with Crippen molar-refractivity contribution in [3.05, 3.63) is 0 Å². The molecule has 0 aliphatic carbocycles. The van der Waals surface area contributed by atoms with Gasteiger partial charge in [0.15, 0.2) is 3.36 Å². The number of hydrogen-bond donors (Lipinski definition) is 1. The van der Waals surface area contributed by atoms with Gasteiger partial charge in [-0.2, -0.15) is 0 Å². The van der Waals surface area contributed by atoms with Gasteiger partial charge in [0, 0.05) is 6.92 Å². The lowest BCUT2D eigenvalue weighted by Crippen LogP contribution is -2.38. The first kappa shape index (κ1) is 14.4. The zero-order valence-corrected chi connectivity index (χ0v) is 11.8. The van der Waals surface area contributed by atoms with Gasteiger partial charge in [0.2, 0.25) is 0 Å². The van der Waals surface area contributed by atoms with Gasteiger partial charge in [-0.3, -0.25) is 10.1 Å². The molecular formula is C9H17Br2NO2. The number of hydrogen-bond acceptors (Lipinski definition) is 3. The van der Waals surface area contributed by atoms with Gasteiger partial charge in [-0.1, -0.05) is 51.6 Å². The van der Waals surface area contributed by atoms with Crippen LogP contribution in [0.1, 0.15) is 33.1 Å². The Morgan fingerprint density at radius 1 is 1.43 bits per heavy atom. The summed E-state index contributed by atoms with van der Waals surface area (Å²) in [5.41, 5.74) is 0. The fraction of sp³-hybridized carbons (Fsp3) is 0.889. The fourth-order valence-electron chi connectivity index (χ4n) is 0.890. The minimum atomic E-state index is -0.487. The molecule has 0 spiro atoms. The highest BCUT2D eigenvalue weighted by molar-refractivity contribution is 9.25. The highest BCUT2D eigenvalue weighted by Crippen LogP contribution is 2.22. The summed E-state index contributed by atoms with van der Waals surface area (Å²) in [4.78, 5) is 10.6. The Balaban J connectivity index is 3.55. The van der Waals surface area contributed by atoms with Crippen molar-refractivity contribution in [3.8, 4) is 0 Å². The number of carbonyl (C=O) groups is 1. The van der Waals surface area contributed by atoms with E-state index < -0.39 is 3.36 Å². The molecule has 0 aliphatic rings. The van der Waals surface area contributed by atoms with E-state index in [4.69, 9.17) is 4.74 Å². The van der Waals surface area contributed by atoms with Crippen LogP contribution in [0.4, 0.5) is 0 Å². The standard InChI is InChI=1S/C9H17Br2NO2/c1-3-4-5-6-12-9(10,11)7-14-8(2)13/h12H,3-7H2,1-2H3. The van der Waals surface area contributed by atoms with Gasteiger partial charge in [-0.15, -0.1) is 0 Å². The normalized spacial score (nSPS) is 11.4. The monoisotopic (exact) mass is 329 g/mol. The summed E-state index contributed by atoms with van der Waals surface area (Å²) < 4.78 is 4.38. The van der Waals surface area contributed by atoms with Crippen molar-refractivity contribution in [2.24, 2.45) is 0 Å². The van der Waals surface area contributed by atoms with E-state index in [9.17, 15) is 4.79 Å². The van der Waals surface area contributed by atoms with E-state index in [1.165, 1.54) is 19.8 Å². The molecule has 0 saturated carbocycles. The largest absolute Gasteiger partial charge is 0.462 e. The lowest BCUT2D eigenvalue weighted by molar-refractivity contribution is -0.141. The molecule has 0 rings (SSSR count). The molecule has 0 atom stereocenters. The van der Waals surface area contributed by atoms with Gasteiger partial charge in [-0.25, -0.2) is 0 Å². The van der Waals surface area contributed by atoms with E-state index in [1.807, 2.05) is 0 Å². The summed E-state index contributed by atoms with van der Waals surface area (Å²) in [7, 11) is 0. The maximum Gasteiger partial charge on any atom is 0.302 e. The number of esters is 1. The molecule has 0 radical (unpaired) electrons. The van der Waals surface area contributed by atoms with Crippen LogP contribution < -0.4 is 5.32 Å². The van der Waals surface area contributed by atoms with Crippen LogP contribution in [0.2, 0.25) is 0 Å². The molecule has 0 saturated heterocycles. The minimum Gasteiger partial charge on any atom is -0.462 e. The molecule has 0 amide bonds. The highest BCUT2D eigenvalue weighted by atomic mass is 79.9. The molecule has 0 unspecified atom stereocenters. The topological polar surface area (TPSA) is 38.3 Å². The average molecular weight is 331 g/mol. The summed E-state index contributed by atoms with van der Waals surface area (Å²) in [6.07, 6.45) is 3.52. The molecule has 0 heterocycles. The summed E-state index contributed by atoms with van der Waals surface area (Å²) in [6.45, 7) is 4.72. The van der Waals surface area contributed by atoms with E-state index in [2.05, 4.69) is 44.1 Å². The molecule has 84 valence electrons. The van der Waals surface area contributed by atoms with Crippen molar-refractivity contribution in [1.82, 2.24) is 5.32 Å². The number of unbranched alkanes of at least 4 members (excludes halogenated alkanes) is 2. The van der Waals surface area contributed by atoms with Gasteiger partial charge in [0.05, 0.1) is 0 Å². The number of nitrogens with one attached hydrogen (secondary N) is 1. The minimum absolute atomic E-state index is 0.272. The third-order valence-electron chi connectivity index (χ3n) is 1.62. The van der Waals surface area contributed by atoms with E-state index in [0.717, 1.165) is 13.0 Å². The average Bonchev–Trinajstić information content (AvgIpc) is 2.10. The Hall–Kier alpha value is 0.390. The van der Waals surface area contributed by atoms with Gasteiger partial charge >= 0.3 is 5.97 Å². The second-order valence-corrected chi connectivity index (χ2v) is 6.89. The van der Waals surface area contributed by atoms with Crippen LogP contribution >= 0.6 is 31.9 Å². The van der Waals surface area contributed by atoms with Crippen LogP contribution in [-0.2, 0) is 9.53 Å². The Morgan fingerprint density at radius 2 is 2.07 bits per heavy atom. The predicted octanol–water partition coefficient (Wildman–Crippen LogP) is 2.77. The second kappa shape index (κ2) is 7.65. The SMILES string of the molecule is CCCCCNC(Br)(Br)COC(C)=O. The van der Waals surface area contributed by atoms with Gasteiger partial charge in [-0.05, 0) is 13.0 Å². The zero-order valence-electron chi connectivity index (χ0n) is 8.61. The summed E-state index contributed by atoms with van der Waals surface area (Å²) >= 11 is 6.78. The van der Waals surface area contributed by atoms with Crippen molar-refractivity contribution in [1.29, 1.82) is 0 Å². The Labute approximate surface area is 102 Å². The summed E-state index contributed by atoms with van der Waals surface area (Å²) in [6, 6.07) is 0. The maximum absolute atomic E-state index is 10.6. The molecule has 0 aromatic heterocycles. The quantitative estimate of drug-likeness (QED) is 0.337. The third-order valence-corrected chi connectivity index (χ3v) is 2.64. The molecular weight excluding hydrogens is 314 g/mol. The number of carbonyl (C=O) groups excluding carboxylic acids is 1. The molecule has 1 N–H and O–H groups in total. The van der Waals surface area contributed by atoms with E-state index in [0.29, 0.717) is 0 Å². The van der Waals surface area contributed by atoms with Crippen molar-refractivity contribution in [3.63, 3.8) is 0 Å². The first-order valence-electron chi connectivity index (χ1n) is 4.74. The third kappa shape index (κ3) is 8.97. The Morgan fingerprint density at radius 3 is 2.57 bits per heavy atom. The van der Waals surface area contributed by atoms with Crippen molar-refractivity contribution < 1.29 is 9.53 Å². The van der Waals surface area contributed by atoms with E-state index in [1.54, 1.807) is 0 Å². The first-order valence-corrected chi connectivity index (χ1v) is 6.33. The Kier molecular flexibility index (Phi) is 7.86. The zero-order chi connectivity index (χ0) is 11.0. The summed E-state index contributed by atoms with van der Waals surface area (Å²) in [5, 5.41) is 3.21. The molecule has 5 heteroatoms. The molecule has 14 heavy (non-hydrogen) atoms. The fourth-order valence-corrected chi connectivity index (χ4v) is 1.51. The van der Waals surface area contributed by atoms with Crippen LogP contribution in [0.3, 0.4) is 0 Å².